The van der Waals surface area contributed by atoms with Gasteiger partial charge in [0.1, 0.15) is 0 Å². The van der Waals surface area contributed by atoms with Gasteiger partial charge in [-0.2, -0.15) is 0 Å². The minimum absolute atomic E-state index is 0.439. The van der Waals surface area contributed by atoms with E-state index in [1.807, 2.05) is 6.20 Å². The highest BCUT2D eigenvalue weighted by Crippen LogP contribution is 2.36. The van der Waals surface area contributed by atoms with E-state index in [0.717, 1.165) is 25.2 Å². The molecule has 1 aromatic carbocycles. The summed E-state index contributed by atoms with van der Waals surface area (Å²) in [4.78, 5) is 11.8. The average molecular weight is 265 g/mol. The van der Waals surface area contributed by atoms with E-state index in [4.69, 9.17) is 4.98 Å². The van der Waals surface area contributed by atoms with Crippen LogP contribution >= 0.6 is 0 Å². The van der Waals surface area contributed by atoms with E-state index < -0.39 is 0 Å². The van der Waals surface area contributed by atoms with Gasteiger partial charge in [0, 0.05) is 23.6 Å². The molecule has 1 aliphatic heterocycles. The Labute approximate surface area is 119 Å². The number of rotatable bonds is 1. The molecule has 0 N–H and O–H groups in total. The van der Waals surface area contributed by atoms with E-state index in [1.165, 1.54) is 35.3 Å². The molecule has 1 aromatic heterocycles. The highest BCUT2D eigenvalue weighted by atomic mass is 15.3. The van der Waals surface area contributed by atoms with Crippen molar-refractivity contribution in [3.8, 4) is 0 Å². The van der Waals surface area contributed by atoms with Crippen LogP contribution in [-0.4, -0.2) is 16.0 Å². The lowest BCUT2D eigenvalue weighted by Crippen LogP contribution is -2.26. The van der Waals surface area contributed by atoms with Gasteiger partial charge in [-0.25, -0.2) is 9.97 Å². The molecule has 0 fully saturated rings. The fourth-order valence-corrected chi connectivity index (χ4v) is 3.45. The van der Waals surface area contributed by atoms with Crippen LogP contribution in [0.5, 0.6) is 0 Å². The second-order valence-electron chi connectivity index (χ2n) is 5.90. The van der Waals surface area contributed by atoms with Crippen LogP contribution in [0.15, 0.2) is 30.5 Å². The zero-order chi connectivity index (χ0) is 13.5. The molecule has 0 radical (unpaired) electrons. The third-order valence-corrected chi connectivity index (χ3v) is 4.47. The quantitative estimate of drug-likeness (QED) is 0.791. The van der Waals surface area contributed by atoms with Crippen LogP contribution in [0.1, 0.15) is 36.6 Å². The van der Waals surface area contributed by atoms with Crippen LogP contribution in [0.25, 0.3) is 0 Å². The fraction of sp³-hybridized carbons (Fsp3) is 0.412. The van der Waals surface area contributed by atoms with Gasteiger partial charge in [0.15, 0.2) is 0 Å². The number of fused-ring (bicyclic) bond motifs is 2. The topological polar surface area (TPSA) is 29.0 Å². The van der Waals surface area contributed by atoms with E-state index in [-0.39, 0.29) is 0 Å². The number of aromatic nitrogens is 2. The summed E-state index contributed by atoms with van der Waals surface area (Å²) in [6.07, 6.45) is 7.91. The molecule has 4 rings (SSSR count). The van der Waals surface area contributed by atoms with Crippen molar-refractivity contribution in [1.29, 1.82) is 0 Å². The molecule has 1 aliphatic carbocycles. The third-order valence-electron chi connectivity index (χ3n) is 4.47. The zero-order valence-corrected chi connectivity index (χ0v) is 11.8. The summed E-state index contributed by atoms with van der Waals surface area (Å²) < 4.78 is 0. The Morgan fingerprint density at radius 2 is 1.95 bits per heavy atom. The first-order chi connectivity index (χ1) is 9.83. The molecule has 20 heavy (non-hydrogen) atoms. The van der Waals surface area contributed by atoms with Crippen molar-refractivity contribution in [1.82, 2.24) is 9.97 Å². The Hall–Kier alpha value is -1.90. The summed E-state index contributed by atoms with van der Waals surface area (Å²) in [6, 6.07) is 9.05. The van der Waals surface area contributed by atoms with E-state index in [9.17, 15) is 0 Å². The van der Waals surface area contributed by atoms with Gasteiger partial charge in [-0.1, -0.05) is 18.2 Å². The lowest BCUT2D eigenvalue weighted by atomic mass is 9.98. The predicted molar refractivity (Wildman–Crippen MR) is 80.4 cm³/mol. The zero-order valence-electron chi connectivity index (χ0n) is 11.8. The number of anilines is 2. The molecule has 3 nitrogen and oxygen atoms in total. The molecule has 0 saturated heterocycles. The largest absolute Gasteiger partial charge is 0.307 e. The summed E-state index contributed by atoms with van der Waals surface area (Å²) in [7, 11) is 0. The van der Waals surface area contributed by atoms with Crippen molar-refractivity contribution in [3.63, 3.8) is 0 Å². The Morgan fingerprint density at radius 3 is 2.90 bits per heavy atom. The minimum Gasteiger partial charge on any atom is -0.307 e. The van der Waals surface area contributed by atoms with Crippen molar-refractivity contribution < 1.29 is 0 Å². The van der Waals surface area contributed by atoms with Crippen LogP contribution in [0.3, 0.4) is 0 Å². The Bertz CT molecular complexity index is 650. The summed E-state index contributed by atoms with van der Waals surface area (Å²) >= 11 is 0. The van der Waals surface area contributed by atoms with Crippen LogP contribution in [0.2, 0.25) is 0 Å². The summed E-state index contributed by atoms with van der Waals surface area (Å²) in [5.74, 6) is 0.878. The Balaban J connectivity index is 1.77. The van der Waals surface area contributed by atoms with E-state index in [1.54, 1.807) is 0 Å². The molecule has 0 bridgehead atoms. The highest BCUT2D eigenvalue weighted by molar-refractivity contribution is 5.67. The number of para-hydroxylation sites is 1. The number of aryl methyl sites for hydroxylation is 2. The van der Waals surface area contributed by atoms with Crippen molar-refractivity contribution in [2.75, 3.05) is 4.90 Å². The molecule has 0 saturated carbocycles. The summed E-state index contributed by atoms with van der Waals surface area (Å²) in [5, 5.41) is 0. The summed E-state index contributed by atoms with van der Waals surface area (Å²) in [5.41, 5.74) is 5.29. The maximum Gasteiger partial charge on any atom is 0.230 e. The van der Waals surface area contributed by atoms with Gasteiger partial charge >= 0.3 is 0 Å². The highest BCUT2D eigenvalue weighted by Gasteiger charge is 2.29. The normalized spacial score (nSPS) is 20.6. The maximum atomic E-state index is 4.86. The molecule has 3 heteroatoms. The third kappa shape index (κ3) is 1.80. The first-order valence-electron chi connectivity index (χ1n) is 7.55. The lowest BCUT2D eigenvalue weighted by Gasteiger charge is -2.24. The molecule has 1 unspecified atom stereocenters. The van der Waals surface area contributed by atoms with Gasteiger partial charge in [0.05, 0.1) is 0 Å². The first-order valence-corrected chi connectivity index (χ1v) is 7.55. The molecule has 2 heterocycles. The average Bonchev–Trinajstić information content (AvgIpc) is 2.82. The van der Waals surface area contributed by atoms with Crippen LogP contribution in [-0.2, 0) is 19.3 Å². The fourth-order valence-electron chi connectivity index (χ4n) is 3.45. The summed E-state index contributed by atoms with van der Waals surface area (Å²) in [6.45, 7) is 2.25. The molecule has 102 valence electrons. The number of benzene rings is 1. The van der Waals surface area contributed by atoms with Crippen molar-refractivity contribution in [2.24, 2.45) is 0 Å². The second-order valence-corrected chi connectivity index (χ2v) is 5.90. The molecule has 0 amide bonds. The second kappa shape index (κ2) is 4.58. The van der Waals surface area contributed by atoms with Crippen LogP contribution in [0, 0.1) is 0 Å². The Morgan fingerprint density at radius 1 is 1.10 bits per heavy atom. The predicted octanol–water partition coefficient (Wildman–Crippen LogP) is 3.44. The smallest absolute Gasteiger partial charge is 0.230 e. The van der Waals surface area contributed by atoms with E-state index in [2.05, 4.69) is 41.1 Å². The van der Waals surface area contributed by atoms with Crippen molar-refractivity contribution in [2.45, 2.75) is 45.1 Å². The van der Waals surface area contributed by atoms with Crippen LogP contribution < -0.4 is 4.90 Å². The van der Waals surface area contributed by atoms with Gasteiger partial charge < -0.3 is 4.90 Å². The SMILES string of the molecule is CC1Cc2ccccc2N1c1ncc2c(n1)CCCC2. The van der Waals surface area contributed by atoms with Gasteiger partial charge in [-0.05, 0) is 56.2 Å². The molecular formula is C17H19N3. The Kier molecular flexibility index (Phi) is 2.72. The van der Waals surface area contributed by atoms with E-state index >= 15 is 0 Å². The molecule has 0 spiro atoms. The molecule has 2 aromatic rings. The number of nitrogens with zero attached hydrogens (tertiary/aromatic N) is 3. The van der Waals surface area contributed by atoms with Crippen molar-refractivity contribution in [3.05, 3.63) is 47.3 Å². The lowest BCUT2D eigenvalue weighted by molar-refractivity contribution is 0.655. The standard InChI is InChI=1S/C17H19N3/c1-12-10-13-6-3-5-9-16(13)20(12)17-18-11-14-7-2-4-8-15(14)19-17/h3,5-6,9,11-12H,2,4,7-8,10H2,1H3. The molecular weight excluding hydrogens is 246 g/mol. The minimum atomic E-state index is 0.439. The van der Waals surface area contributed by atoms with E-state index in [0.29, 0.717) is 6.04 Å². The van der Waals surface area contributed by atoms with Crippen molar-refractivity contribution >= 4 is 11.6 Å². The number of hydrogen-bond acceptors (Lipinski definition) is 3. The van der Waals surface area contributed by atoms with Gasteiger partial charge in [0.25, 0.3) is 0 Å². The number of hydrogen-bond donors (Lipinski definition) is 0. The van der Waals surface area contributed by atoms with Gasteiger partial charge in [-0.15, -0.1) is 0 Å². The maximum absolute atomic E-state index is 4.86. The monoisotopic (exact) mass is 265 g/mol. The van der Waals surface area contributed by atoms with Crippen LogP contribution in [0.4, 0.5) is 11.6 Å². The molecule has 2 aliphatic rings. The van der Waals surface area contributed by atoms with Gasteiger partial charge in [0.2, 0.25) is 5.95 Å². The first kappa shape index (κ1) is 11.9. The van der Waals surface area contributed by atoms with Gasteiger partial charge in [-0.3, -0.25) is 0 Å². The molecule has 1 atom stereocenters.